The first-order valence-electron chi connectivity index (χ1n) is 3.95. The molecule has 1 aromatic rings. The number of ether oxygens (including phenoxy) is 1. The Labute approximate surface area is 81.9 Å². The quantitative estimate of drug-likeness (QED) is 0.568. The number of methoxy groups -OCH3 is 1. The molecule has 1 rings (SSSR count). The lowest BCUT2D eigenvalue weighted by Crippen LogP contribution is -1.92. The lowest BCUT2D eigenvalue weighted by Gasteiger charge is -2.07. The molecule has 0 amide bonds. The Balaban J connectivity index is 2.79. The zero-order valence-corrected chi connectivity index (χ0v) is 8.30. The zero-order valence-electron chi connectivity index (χ0n) is 7.49. The van der Waals surface area contributed by atoms with Crippen molar-refractivity contribution in [2.24, 2.45) is 0 Å². The van der Waals surface area contributed by atoms with E-state index < -0.39 is 0 Å². The van der Waals surface area contributed by atoms with Crippen LogP contribution >= 0.6 is 11.8 Å². The molecule has 3 nitrogen and oxygen atoms in total. The lowest BCUT2D eigenvalue weighted by molar-refractivity contribution is 0.322. The van der Waals surface area contributed by atoms with Crippen molar-refractivity contribution in [2.75, 3.05) is 25.2 Å². The summed E-state index contributed by atoms with van der Waals surface area (Å²) in [5.41, 5.74) is 6.28. The Morgan fingerprint density at radius 1 is 1.54 bits per heavy atom. The maximum absolute atomic E-state index is 8.66. The van der Waals surface area contributed by atoms with Crippen LogP contribution in [0.25, 0.3) is 0 Å². The summed E-state index contributed by atoms with van der Waals surface area (Å²) in [5.74, 6) is 1.43. The van der Waals surface area contributed by atoms with Gasteiger partial charge in [0.15, 0.2) is 0 Å². The number of thioether (sulfide) groups is 1. The first-order chi connectivity index (χ1) is 6.27. The zero-order chi connectivity index (χ0) is 9.68. The summed E-state index contributed by atoms with van der Waals surface area (Å²) >= 11 is 1.55. The van der Waals surface area contributed by atoms with Gasteiger partial charge < -0.3 is 15.6 Å². The largest absolute Gasteiger partial charge is 0.496 e. The first-order valence-corrected chi connectivity index (χ1v) is 4.93. The molecule has 4 heteroatoms. The molecule has 0 radical (unpaired) electrons. The number of aliphatic hydroxyl groups is 1. The van der Waals surface area contributed by atoms with E-state index in [1.165, 1.54) is 0 Å². The highest BCUT2D eigenvalue weighted by Gasteiger charge is 2.02. The molecule has 0 heterocycles. The second-order valence-corrected chi connectivity index (χ2v) is 3.62. The van der Waals surface area contributed by atoms with Gasteiger partial charge >= 0.3 is 0 Å². The van der Waals surface area contributed by atoms with Crippen LogP contribution in [0.4, 0.5) is 5.69 Å². The van der Waals surface area contributed by atoms with Gasteiger partial charge in [0.2, 0.25) is 0 Å². The van der Waals surface area contributed by atoms with Gasteiger partial charge in [-0.1, -0.05) is 0 Å². The number of hydrogen-bond acceptors (Lipinski definition) is 4. The molecule has 0 aliphatic heterocycles. The number of aliphatic hydroxyl groups excluding tert-OH is 1. The molecule has 0 aliphatic carbocycles. The van der Waals surface area contributed by atoms with Crippen LogP contribution < -0.4 is 10.5 Å². The summed E-state index contributed by atoms with van der Waals surface area (Å²) in [6.45, 7) is 0.165. The van der Waals surface area contributed by atoms with Crippen molar-refractivity contribution in [1.29, 1.82) is 0 Å². The number of anilines is 1. The molecule has 13 heavy (non-hydrogen) atoms. The van der Waals surface area contributed by atoms with E-state index in [-0.39, 0.29) is 6.61 Å². The number of benzene rings is 1. The number of nitrogen functional groups attached to an aromatic ring is 1. The summed E-state index contributed by atoms with van der Waals surface area (Å²) in [5, 5.41) is 8.66. The van der Waals surface area contributed by atoms with Crippen molar-refractivity contribution in [3.8, 4) is 5.75 Å². The topological polar surface area (TPSA) is 55.5 Å². The predicted molar refractivity (Wildman–Crippen MR) is 55.2 cm³/mol. The summed E-state index contributed by atoms with van der Waals surface area (Å²) in [4.78, 5) is 1.01. The SMILES string of the molecule is COc1cc(N)ccc1SCCO. The van der Waals surface area contributed by atoms with Gasteiger partial charge in [-0.25, -0.2) is 0 Å². The minimum absolute atomic E-state index is 0.165. The van der Waals surface area contributed by atoms with E-state index in [9.17, 15) is 0 Å². The van der Waals surface area contributed by atoms with Gasteiger partial charge in [-0.15, -0.1) is 11.8 Å². The van der Waals surface area contributed by atoms with Crippen LogP contribution in [0.3, 0.4) is 0 Å². The summed E-state index contributed by atoms with van der Waals surface area (Å²) in [6.07, 6.45) is 0. The Morgan fingerprint density at radius 2 is 2.31 bits per heavy atom. The third kappa shape index (κ3) is 2.82. The fourth-order valence-corrected chi connectivity index (χ4v) is 1.72. The Hall–Kier alpha value is -0.870. The fraction of sp³-hybridized carbons (Fsp3) is 0.333. The van der Waals surface area contributed by atoms with Gasteiger partial charge in [0.1, 0.15) is 5.75 Å². The third-order valence-corrected chi connectivity index (χ3v) is 2.57. The fourth-order valence-electron chi connectivity index (χ4n) is 0.959. The van der Waals surface area contributed by atoms with Gasteiger partial charge in [0, 0.05) is 22.4 Å². The average Bonchev–Trinajstić information content (AvgIpc) is 2.16. The van der Waals surface area contributed by atoms with Crippen molar-refractivity contribution < 1.29 is 9.84 Å². The maximum atomic E-state index is 8.66. The van der Waals surface area contributed by atoms with Crippen molar-refractivity contribution in [3.05, 3.63) is 18.2 Å². The van der Waals surface area contributed by atoms with Crippen LogP contribution in [0.2, 0.25) is 0 Å². The van der Waals surface area contributed by atoms with Gasteiger partial charge in [0.05, 0.1) is 13.7 Å². The second kappa shape index (κ2) is 4.99. The van der Waals surface area contributed by atoms with Gasteiger partial charge in [-0.2, -0.15) is 0 Å². The molecule has 1 aromatic carbocycles. The van der Waals surface area contributed by atoms with Crippen molar-refractivity contribution in [1.82, 2.24) is 0 Å². The van der Waals surface area contributed by atoms with E-state index >= 15 is 0 Å². The molecule has 0 saturated carbocycles. The number of hydrogen-bond donors (Lipinski definition) is 2. The molecule has 0 saturated heterocycles. The molecule has 0 aromatic heterocycles. The van der Waals surface area contributed by atoms with Gasteiger partial charge in [-0.3, -0.25) is 0 Å². The van der Waals surface area contributed by atoms with E-state index in [4.69, 9.17) is 15.6 Å². The minimum Gasteiger partial charge on any atom is -0.496 e. The molecular weight excluding hydrogens is 186 g/mol. The molecule has 0 fully saturated rings. The number of nitrogens with two attached hydrogens (primary N) is 1. The summed E-state index contributed by atoms with van der Waals surface area (Å²) in [7, 11) is 1.61. The molecule has 72 valence electrons. The maximum Gasteiger partial charge on any atom is 0.134 e. The monoisotopic (exact) mass is 199 g/mol. The Morgan fingerprint density at radius 3 is 2.92 bits per heavy atom. The highest BCUT2D eigenvalue weighted by atomic mass is 32.2. The standard InChI is InChI=1S/C9H13NO2S/c1-12-8-6-7(10)2-3-9(8)13-5-4-11/h2-3,6,11H,4-5,10H2,1H3. The van der Waals surface area contributed by atoms with Crippen molar-refractivity contribution >= 4 is 17.4 Å². The first kappa shape index (κ1) is 10.2. The lowest BCUT2D eigenvalue weighted by atomic mass is 10.3. The predicted octanol–water partition coefficient (Wildman–Crippen LogP) is 1.36. The second-order valence-electron chi connectivity index (χ2n) is 2.48. The van der Waals surface area contributed by atoms with Crippen LogP contribution in [0.5, 0.6) is 5.75 Å². The van der Waals surface area contributed by atoms with Crippen LogP contribution in [0.1, 0.15) is 0 Å². The molecule has 0 atom stereocenters. The van der Waals surface area contributed by atoms with E-state index in [0.717, 1.165) is 10.6 Å². The van der Waals surface area contributed by atoms with E-state index in [2.05, 4.69) is 0 Å². The normalized spacial score (nSPS) is 10.0. The van der Waals surface area contributed by atoms with Crippen LogP contribution in [0.15, 0.2) is 23.1 Å². The molecule has 3 N–H and O–H groups in total. The number of rotatable bonds is 4. The van der Waals surface area contributed by atoms with E-state index in [1.54, 1.807) is 24.9 Å². The van der Waals surface area contributed by atoms with Crippen LogP contribution in [-0.4, -0.2) is 24.6 Å². The molecular formula is C9H13NO2S. The van der Waals surface area contributed by atoms with E-state index in [0.29, 0.717) is 11.4 Å². The van der Waals surface area contributed by atoms with E-state index in [1.807, 2.05) is 12.1 Å². The summed E-state index contributed by atoms with van der Waals surface area (Å²) in [6, 6.07) is 5.50. The molecule has 0 unspecified atom stereocenters. The molecule has 0 bridgehead atoms. The van der Waals surface area contributed by atoms with Crippen molar-refractivity contribution in [2.45, 2.75) is 4.90 Å². The highest BCUT2D eigenvalue weighted by molar-refractivity contribution is 7.99. The van der Waals surface area contributed by atoms with Gasteiger partial charge in [0.25, 0.3) is 0 Å². The smallest absolute Gasteiger partial charge is 0.134 e. The Bertz CT molecular complexity index is 278. The summed E-state index contributed by atoms with van der Waals surface area (Å²) < 4.78 is 5.14. The average molecular weight is 199 g/mol. The Kier molecular flexibility index (Phi) is 3.92. The van der Waals surface area contributed by atoms with Gasteiger partial charge in [-0.05, 0) is 12.1 Å². The highest BCUT2D eigenvalue weighted by Crippen LogP contribution is 2.30. The molecule has 0 aliphatic rings. The van der Waals surface area contributed by atoms with Crippen LogP contribution in [-0.2, 0) is 0 Å². The molecule has 0 spiro atoms. The minimum atomic E-state index is 0.165. The van der Waals surface area contributed by atoms with Crippen LogP contribution in [0, 0.1) is 0 Å². The van der Waals surface area contributed by atoms with Crippen molar-refractivity contribution in [3.63, 3.8) is 0 Å². The third-order valence-electron chi connectivity index (χ3n) is 1.54.